The molecule has 0 radical (unpaired) electrons. The fourth-order valence-corrected chi connectivity index (χ4v) is 2.32. The molecule has 0 aliphatic rings. The largest absolute Gasteiger partial charge is 0.398 e. The van der Waals surface area contributed by atoms with Crippen LogP contribution in [0.4, 0.5) is 5.69 Å². The summed E-state index contributed by atoms with van der Waals surface area (Å²) >= 11 is 13.1. The fraction of sp³-hybridized carbons (Fsp3) is 0.111. The maximum absolute atomic E-state index is 5.91. The number of halogens is 2. The molecule has 0 aliphatic carbocycles. The van der Waals surface area contributed by atoms with E-state index >= 15 is 0 Å². The molecule has 0 amide bonds. The van der Waals surface area contributed by atoms with Crippen molar-refractivity contribution in [2.75, 3.05) is 5.73 Å². The van der Waals surface area contributed by atoms with Crippen molar-refractivity contribution in [1.82, 2.24) is 15.2 Å². The summed E-state index contributed by atoms with van der Waals surface area (Å²) in [5.74, 6) is 0.751. The molecule has 0 saturated heterocycles. The van der Waals surface area contributed by atoms with Crippen molar-refractivity contribution in [3.8, 4) is 0 Å². The highest BCUT2D eigenvalue weighted by molar-refractivity contribution is 7.99. The number of nitrogens with one attached hydrogen (secondary N) is 1. The summed E-state index contributed by atoms with van der Waals surface area (Å²) in [5.41, 5.74) is 6.37. The molecule has 2 rings (SSSR count). The number of hydrogen-bond acceptors (Lipinski definition) is 4. The third kappa shape index (κ3) is 2.42. The molecule has 0 saturated carbocycles. The summed E-state index contributed by atoms with van der Waals surface area (Å²) in [6, 6.07) is 3.32. The van der Waals surface area contributed by atoms with Gasteiger partial charge in [-0.2, -0.15) is 0 Å². The first-order valence-corrected chi connectivity index (χ1v) is 5.95. The zero-order valence-electron chi connectivity index (χ0n) is 8.29. The Labute approximate surface area is 107 Å². The van der Waals surface area contributed by atoms with Crippen LogP contribution in [0.2, 0.25) is 10.0 Å². The van der Waals surface area contributed by atoms with Gasteiger partial charge in [0.15, 0.2) is 0 Å². The van der Waals surface area contributed by atoms with Gasteiger partial charge in [-0.15, -0.1) is 5.10 Å². The fourth-order valence-electron chi connectivity index (χ4n) is 1.10. The number of nitrogen functional groups attached to an aromatic ring is 1. The van der Waals surface area contributed by atoms with Crippen molar-refractivity contribution in [2.45, 2.75) is 17.0 Å². The second kappa shape index (κ2) is 4.53. The average molecular weight is 275 g/mol. The molecule has 1 aromatic carbocycles. The summed E-state index contributed by atoms with van der Waals surface area (Å²) in [4.78, 5) is 4.95. The van der Waals surface area contributed by atoms with Crippen LogP contribution in [0.5, 0.6) is 0 Å². The molecule has 0 aliphatic heterocycles. The highest BCUT2D eigenvalue weighted by atomic mass is 35.5. The third-order valence-corrected chi connectivity index (χ3v) is 3.49. The Morgan fingerprint density at radius 3 is 2.62 bits per heavy atom. The molecule has 0 atom stereocenters. The smallest absolute Gasteiger partial charge is 0.213 e. The lowest BCUT2D eigenvalue weighted by atomic mass is 10.3. The molecule has 7 heteroatoms. The van der Waals surface area contributed by atoms with Crippen LogP contribution >= 0.6 is 35.0 Å². The number of nitrogens with two attached hydrogens (primary N) is 1. The zero-order valence-corrected chi connectivity index (χ0v) is 10.6. The Morgan fingerprint density at radius 1 is 1.31 bits per heavy atom. The lowest BCUT2D eigenvalue weighted by molar-refractivity contribution is 0.969. The van der Waals surface area contributed by atoms with Crippen LogP contribution in [0.1, 0.15) is 5.82 Å². The van der Waals surface area contributed by atoms with E-state index in [1.807, 2.05) is 6.92 Å². The van der Waals surface area contributed by atoms with E-state index in [4.69, 9.17) is 28.9 Å². The van der Waals surface area contributed by atoms with Crippen molar-refractivity contribution in [2.24, 2.45) is 0 Å². The minimum absolute atomic E-state index is 0.440. The molecule has 4 nitrogen and oxygen atoms in total. The number of benzene rings is 1. The van der Waals surface area contributed by atoms with E-state index in [-0.39, 0.29) is 0 Å². The van der Waals surface area contributed by atoms with Crippen LogP contribution in [0.25, 0.3) is 0 Å². The van der Waals surface area contributed by atoms with Gasteiger partial charge in [0, 0.05) is 10.6 Å². The molecule has 84 valence electrons. The number of rotatable bonds is 2. The van der Waals surface area contributed by atoms with Crippen LogP contribution in [0.3, 0.4) is 0 Å². The predicted molar refractivity (Wildman–Crippen MR) is 66.1 cm³/mol. The maximum Gasteiger partial charge on any atom is 0.213 e. The first-order valence-electron chi connectivity index (χ1n) is 4.37. The average Bonchev–Trinajstić information content (AvgIpc) is 2.60. The van der Waals surface area contributed by atoms with Gasteiger partial charge in [-0.3, -0.25) is 5.10 Å². The van der Waals surface area contributed by atoms with Gasteiger partial charge in [0.1, 0.15) is 5.82 Å². The molecule has 1 heterocycles. The number of aromatic amines is 1. The standard InChI is InChI=1S/C9H8Cl2N4S/c1-4-13-9(15-14-4)16-8-3-6(11)5(10)2-7(8)12/h2-3H,12H2,1H3,(H,13,14,15). The summed E-state index contributed by atoms with van der Waals surface area (Å²) in [6.07, 6.45) is 0. The SMILES string of the molecule is Cc1nc(Sc2cc(Cl)c(Cl)cc2N)n[nH]1. The Kier molecular flexibility index (Phi) is 3.28. The van der Waals surface area contributed by atoms with Gasteiger partial charge in [0.25, 0.3) is 0 Å². The maximum atomic E-state index is 5.91. The summed E-state index contributed by atoms with van der Waals surface area (Å²) in [7, 11) is 0. The number of aromatic nitrogens is 3. The molecule has 1 aromatic heterocycles. The van der Waals surface area contributed by atoms with Crippen molar-refractivity contribution in [1.29, 1.82) is 0 Å². The number of aryl methyl sites for hydroxylation is 1. The minimum Gasteiger partial charge on any atom is -0.398 e. The van der Waals surface area contributed by atoms with Gasteiger partial charge in [0.2, 0.25) is 5.16 Å². The van der Waals surface area contributed by atoms with Crippen molar-refractivity contribution >= 4 is 40.7 Å². The van der Waals surface area contributed by atoms with E-state index in [9.17, 15) is 0 Å². The number of H-pyrrole nitrogens is 1. The van der Waals surface area contributed by atoms with Gasteiger partial charge in [-0.1, -0.05) is 23.2 Å². The summed E-state index contributed by atoms with van der Waals surface area (Å²) in [5, 5.41) is 8.25. The van der Waals surface area contributed by atoms with Gasteiger partial charge < -0.3 is 5.73 Å². The van der Waals surface area contributed by atoms with Gasteiger partial charge >= 0.3 is 0 Å². The normalized spacial score (nSPS) is 10.7. The minimum atomic E-state index is 0.440. The molecule has 2 aromatic rings. The second-order valence-corrected chi connectivity index (χ2v) is 4.93. The molecule has 0 unspecified atom stereocenters. The van der Waals surface area contributed by atoms with Crippen LogP contribution in [-0.2, 0) is 0 Å². The lowest BCUT2D eigenvalue weighted by Crippen LogP contribution is -1.89. The first-order chi connectivity index (χ1) is 7.56. The van der Waals surface area contributed by atoms with Crippen molar-refractivity contribution in [3.63, 3.8) is 0 Å². The van der Waals surface area contributed by atoms with Crippen molar-refractivity contribution < 1.29 is 0 Å². The quantitative estimate of drug-likeness (QED) is 0.826. The highest BCUT2D eigenvalue weighted by Crippen LogP contribution is 2.35. The monoisotopic (exact) mass is 274 g/mol. The summed E-state index contributed by atoms with van der Waals surface area (Å²) in [6.45, 7) is 1.83. The molecule has 0 bridgehead atoms. The molecular weight excluding hydrogens is 267 g/mol. The number of anilines is 1. The predicted octanol–water partition coefficient (Wildman–Crippen LogP) is 3.15. The van der Waals surface area contributed by atoms with Gasteiger partial charge in [0.05, 0.1) is 10.0 Å². The molecule has 0 spiro atoms. The van der Waals surface area contributed by atoms with Gasteiger partial charge in [-0.25, -0.2) is 4.98 Å². The zero-order chi connectivity index (χ0) is 11.7. The Hall–Kier alpha value is -0.910. The van der Waals surface area contributed by atoms with Crippen LogP contribution in [0.15, 0.2) is 22.2 Å². The van der Waals surface area contributed by atoms with Crippen LogP contribution in [0, 0.1) is 6.92 Å². The first kappa shape index (κ1) is 11.6. The third-order valence-electron chi connectivity index (χ3n) is 1.83. The van der Waals surface area contributed by atoms with Crippen LogP contribution < -0.4 is 5.73 Å². The van der Waals surface area contributed by atoms with Crippen molar-refractivity contribution in [3.05, 3.63) is 28.0 Å². The lowest BCUT2D eigenvalue weighted by Gasteiger charge is -2.04. The van der Waals surface area contributed by atoms with E-state index < -0.39 is 0 Å². The van der Waals surface area contributed by atoms with E-state index in [1.54, 1.807) is 12.1 Å². The van der Waals surface area contributed by atoms with E-state index in [0.29, 0.717) is 20.9 Å². The van der Waals surface area contributed by atoms with E-state index in [2.05, 4.69) is 15.2 Å². The number of nitrogens with zero attached hydrogens (tertiary/aromatic N) is 2. The molecule has 3 N–H and O–H groups in total. The van der Waals surface area contributed by atoms with Crippen LogP contribution in [-0.4, -0.2) is 15.2 Å². The molecule has 16 heavy (non-hydrogen) atoms. The van der Waals surface area contributed by atoms with E-state index in [1.165, 1.54) is 11.8 Å². The van der Waals surface area contributed by atoms with Gasteiger partial charge in [-0.05, 0) is 30.8 Å². The number of hydrogen-bond donors (Lipinski definition) is 2. The second-order valence-electron chi connectivity index (χ2n) is 3.11. The summed E-state index contributed by atoms with van der Waals surface area (Å²) < 4.78 is 0. The highest BCUT2D eigenvalue weighted by Gasteiger charge is 2.09. The Balaban J connectivity index is 2.31. The Bertz CT molecular complexity index is 526. The topological polar surface area (TPSA) is 67.6 Å². The Morgan fingerprint density at radius 2 is 2.00 bits per heavy atom. The molecular formula is C9H8Cl2N4S. The van der Waals surface area contributed by atoms with E-state index in [0.717, 1.165) is 10.7 Å². The molecule has 0 fully saturated rings.